The maximum absolute atomic E-state index is 12.0. The molecule has 0 aromatic carbocycles. The van der Waals surface area contributed by atoms with Crippen molar-refractivity contribution in [2.45, 2.75) is 52.4 Å². The number of rotatable bonds is 0. The van der Waals surface area contributed by atoms with Crippen LogP contribution in [0.3, 0.4) is 0 Å². The number of fused-ring (bicyclic) bond motifs is 1. The van der Waals surface area contributed by atoms with E-state index in [4.69, 9.17) is 0 Å². The first-order valence-corrected chi connectivity index (χ1v) is 6.10. The summed E-state index contributed by atoms with van der Waals surface area (Å²) in [5, 5.41) is 0. The Balaban J connectivity index is 2.03. The van der Waals surface area contributed by atoms with E-state index in [1.54, 1.807) is 0 Å². The van der Waals surface area contributed by atoms with Crippen LogP contribution in [0.2, 0.25) is 0 Å². The van der Waals surface area contributed by atoms with Crippen molar-refractivity contribution in [1.82, 2.24) is 0 Å². The standard InChI is InChI=1S/C13H20O/c1-9-3-4-10-7-11(14)12(2)5-6-13(9,10)8-12/h9-10H,3-8H2,1-2H3/t9?,10-,12-,13+/m0/s1. The summed E-state index contributed by atoms with van der Waals surface area (Å²) >= 11 is 0. The summed E-state index contributed by atoms with van der Waals surface area (Å²) < 4.78 is 0. The molecule has 2 bridgehead atoms. The second-order valence-corrected chi connectivity index (χ2v) is 6.27. The predicted molar refractivity (Wildman–Crippen MR) is 55.9 cm³/mol. The molecule has 1 unspecified atom stereocenters. The molecule has 1 spiro atoms. The number of carbonyl (C=O) groups is 1. The van der Waals surface area contributed by atoms with Crippen LogP contribution in [0.15, 0.2) is 0 Å². The second kappa shape index (κ2) is 2.43. The smallest absolute Gasteiger partial charge is 0.139 e. The van der Waals surface area contributed by atoms with Crippen LogP contribution < -0.4 is 0 Å². The maximum Gasteiger partial charge on any atom is 0.139 e. The SMILES string of the molecule is CC1CC[C@H]2CC(=O)[C@@]3(C)CC[C@@]12C3. The van der Waals surface area contributed by atoms with Gasteiger partial charge in [0.1, 0.15) is 5.78 Å². The fraction of sp³-hybridized carbons (Fsp3) is 0.923. The average molecular weight is 192 g/mol. The van der Waals surface area contributed by atoms with Gasteiger partial charge in [0.2, 0.25) is 0 Å². The van der Waals surface area contributed by atoms with Crippen molar-refractivity contribution in [3.63, 3.8) is 0 Å². The minimum absolute atomic E-state index is 0.0785. The van der Waals surface area contributed by atoms with Gasteiger partial charge in [-0.1, -0.05) is 13.8 Å². The fourth-order valence-corrected chi connectivity index (χ4v) is 4.62. The van der Waals surface area contributed by atoms with E-state index < -0.39 is 0 Å². The molecular weight excluding hydrogens is 172 g/mol. The third kappa shape index (κ3) is 0.844. The summed E-state index contributed by atoms with van der Waals surface area (Å²) in [5.41, 5.74) is 0.664. The van der Waals surface area contributed by atoms with Gasteiger partial charge >= 0.3 is 0 Å². The second-order valence-electron chi connectivity index (χ2n) is 6.27. The molecule has 14 heavy (non-hydrogen) atoms. The lowest BCUT2D eigenvalue weighted by Crippen LogP contribution is -2.39. The molecule has 78 valence electrons. The summed E-state index contributed by atoms with van der Waals surface area (Å²) in [4.78, 5) is 12.0. The Morgan fingerprint density at radius 2 is 2.07 bits per heavy atom. The summed E-state index contributed by atoms with van der Waals surface area (Å²) in [6.07, 6.45) is 7.32. The Morgan fingerprint density at radius 3 is 2.86 bits per heavy atom. The van der Waals surface area contributed by atoms with Crippen molar-refractivity contribution in [3.8, 4) is 0 Å². The summed E-state index contributed by atoms with van der Waals surface area (Å²) in [6.45, 7) is 4.63. The molecule has 0 aromatic heterocycles. The van der Waals surface area contributed by atoms with Crippen LogP contribution in [0.1, 0.15) is 52.4 Å². The quantitative estimate of drug-likeness (QED) is 0.576. The van der Waals surface area contributed by atoms with Gasteiger partial charge in [-0.05, 0) is 49.4 Å². The monoisotopic (exact) mass is 192 g/mol. The Kier molecular flexibility index (Phi) is 1.55. The van der Waals surface area contributed by atoms with Crippen molar-refractivity contribution in [2.24, 2.45) is 22.7 Å². The molecule has 3 saturated carbocycles. The van der Waals surface area contributed by atoms with Gasteiger partial charge in [-0.15, -0.1) is 0 Å². The molecule has 0 saturated heterocycles. The van der Waals surface area contributed by atoms with Crippen LogP contribution in [-0.2, 0) is 4.79 Å². The predicted octanol–water partition coefficient (Wildman–Crippen LogP) is 3.18. The van der Waals surface area contributed by atoms with Gasteiger partial charge < -0.3 is 0 Å². The third-order valence-corrected chi connectivity index (χ3v) is 5.71. The van der Waals surface area contributed by atoms with Gasteiger partial charge in [0, 0.05) is 11.8 Å². The van der Waals surface area contributed by atoms with Gasteiger partial charge in [-0.25, -0.2) is 0 Å². The van der Waals surface area contributed by atoms with Crippen molar-refractivity contribution in [2.75, 3.05) is 0 Å². The van der Waals surface area contributed by atoms with E-state index in [1.165, 1.54) is 32.1 Å². The Hall–Kier alpha value is -0.330. The Bertz CT molecular complexity index is 296. The van der Waals surface area contributed by atoms with E-state index in [9.17, 15) is 4.79 Å². The Labute approximate surface area is 86.3 Å². The zero-order valence-electron chi connectivity index (χ0n) is 9.31. The molecule has 3 aliphatic rings. The largest absolute Gasteiger partial charge is 0.299 e. The molecular formula is C13H20O. The van der Waals surface area contributed by atoms with Crippen LogP contribution in [0, 0.1) is 22.7 Å². The molecule has 0 amide bonds. The normalized spacial score (nSPS) is 56.3. The lowest BCUT2D eigenvalue weighted by molar-refractivity contribution is -0.133. The lowest BCUT2D eigenvalue weighted by Gasteiger charge is -2.41. The van der Waals surface area contributed by atoms with E-state index in [-0.39, 0.29) is 5.41 Å². The van der Waals surface area contributed by atoms with Crippen molar-refractivity contribution < 1.29 is 4.79 Å². The lowest BCUT2D eigenvalue weighted by atomic mass is 9.62. The summed E-state index contributed by atoms with van der Waals surface area (Å²) in [7, 11) is 0. The molecule has 1 nitrogen and oxygen atoms in total. The highest BCUT2D eigenvalue weighted by atomic mass is 16.1. The van der Waals surface area contributed by atoms with Gasteiger partial charge in [0.15, 0.2) is 0 Å². The van der Waals surface area contributed by atoms with Crippen LogP contribution in [0.4, 0.5) is 0 Å². The number of Topliss-reactive ketones (excluding diaryl/α,β-unsaturated/α-hetero) is 1. The van der Waals surface area contributed by atoms with E-state index in [0.717, 1.165) is 18.3 Å². The van der Waals surface area contributed by atoms with Crippen LogP contribution in [-0.4, -0.2) is 5.78 Å². The molecule has 4 atom stereocenters. The molecule has 1 heteroatoms. The molecule has 3 fully saturated rings. The number of hydrogen-bond donors (Lipinski definition) is 0. The van der Waals surface area contributed by atoms with Gasteiger partial charge in [0.05, 0.1) is 0 Å². The van der Waals surface area contributed by atoms with Gasteiger partial charge in [-0.2, -0.15) is 0 Å². The van der Waals surface area contributed by atoms with Gasteiger partial charge in [0.25, 0.3) is 0 Å². The highest BCUT2D eigenvalue weighted by Crippen LogP contribution is 2.67. The minimum Gasteiger partial charge on any atom is -0.299 e. The Morgan fingerprint density at radius 1 is 1.29 bits per heavy atom. The maximum atomic E-state index is 12.0. The van der Waals surface area contributed by atoms with E-state index in [2.05, 4.69) is 13.8 Å². The highest BCUT2D eigenvalue weighted by molar-refractivity contribution is 5.86. The fourth-order valence-electron chi connectivity index (χ4n) is 4.62. The van der Waals surface area contributed by atoms with E-state index >= 15 is 0 Å². The first kappa shape index (κ1) is 8.94. The molecule has 0 N–H and O–H groups in total. The first-order chi connectivity index (χ1) is 6.57. The molecule has 3 aliphatic carbocycles. The summed E-state index contributed by atoms with van der Waals surface area (Å²) in [5.74, 6) is 2.20. The van der Waals surface area contributed by atoms with Crippen molar-refractivity contribution in [1.29, 1.82) is 0 Å². The zero-order chi connectivity index (χ0) is 9.97. The first-order valence-electron chi connectivity index (χ1n) is 6.10. The van der Waals surface area contributed by atoms with Crippen LogP contribution in [0.5, 0.6) is 0 Å². The minimum atomic E-state index is 0.0785. The van der Waals surface area contributed by atoms with E-state index in [0.29, 0.717) is 11.2 Å². The third-order valence-electron chi connectivity index (χ3n) is 5.71. The highest BCUT2D eigenvalue weighted by Gasteiger charge is 2.61. The molecule has 0 aliphatic heterocycles. The topological polar surface area (TPSA) is 17.1 Å². The molecule has 0 aromatic rings. The summed E-state index contributed by atoms with van der Waals surface area (Å²) in [6, 6.07) is 0. The molecule has 3 rings (SSSR count). The number of hydrogen-bond acceptors (Lipinski definition) is 1. The number of ketones is 1. The molecule has 0 heterocycles. The average Bonchev–Trinajstić information content (AvgIpc) is 2.61. The molecule has 0 radical (unpaired) electrons. The van der Waals surface area contributed by atoms with Crippen molar-refractivity contribution >= 4 is 5.78 Å². The van der Waals surface area contributed by atoms with E-state index in [1.807, 2.05) is 0 Å². The van der Waals surface area contributed by atoms with Crippen LogP contribution in [0.25, 0.3) is 0 Å². The van der Waals surface area contributed by atoms with Crippen LogP contribution >= 0.6 is 0 Å². The number of carbonyl (C=O) groups excluding carboxylic acids is 1. The van der Waals surface area contributed by atoms with Gasteiger partial charge in [-0.3, -0.25) is 4.79 Å². The van der Waals surface area contributed by atoms with Crippen molar-refractivity contribution in [3.05, 3.63) is 0 Å². The zero-order valence-corrected chi connectivity index (χ0v) is 9.31.